The lowest BCUT2D eigenvalue weighted by Gasteiger charge is -2.20. The molecule has 1 N–H and O–H groups in total. The summed E-state index contributed by atoms with van der Waals surface area (Å²) in [6.45, 7) is 3.01. The first-order valence-corrected chi connectivity index (χ1v) is 10.1. The Balaban J connectivity index is 1.45. The number of anilines is 2. The van der Waals surface area contributed by atoms with Gasteiger partial charge in [-0.3, -0.25) is 14.4 Å². The van der Waals surface area contributed by atoms with Gasteiger partial charge in [-0.1, -0.05) is 19.8 Å². The lowest BCUT2D eigenvalue weighted by molar-refractivity contribution is -0.126. The molecule has 6 nitrogen and oxygen atoms in total. The van der Waals surface area contributed by atoms with Crippen molar-refractivity contribution in [2.45, 2.75) is 57.9 Å². The van der Waals surface area contributed by atoms with Crippen LogP contribution in [0.5, 0.6) is 0 Å². The van der Waals surface area contributed by atoms with Crippen molar-refractivity contribution >= 4 is 29.1 Å². The van der Waals surface area contributed by atoms with Gasteiger partial charge in [0.1, 0.15) is 0 Å². The predicted octanol–water partition coefficient (Wildman–Crippen LogP) is 2.40. The molecule has 0 unspecified atom stereocenters. The second kappa shape index (κ2) is 7.33. The highest BCUT2D eigenvalue weighted by Crippen LogP contribution is 2.34. The van der Waals surface area contributed by atoms with Gasteiger partial charge in [-0.25, -0.2) is 0 Å². The molecule has 0 bridgehead atoms. The third-order valence-electron chi connectivity index (χ3n) is 6.07. The molecule has 2 heterocycles. The second-order valence-electron chi connectivity index (χ2n) is 7.86. The number of amides is 3. The van der Waals surface area contributed by atoms with Crippen LogP contribution in [0, 0.1) is 5.92 Å². The second-order valence-corrected chi connectivity index (χ2v) is 7.86. The van der Waals surface area contributed by atoms with Gasteiger partial charge in [0.25, 0.3) is 0 Å². The van der Waals surface area contributed by atoms with Crippen LogP contribution in [0.2, 0.25) is 0 Å². The summed E-state index contributed by atoms with van der Waals surface area (Å²) in [5, 5.41) is 3.12. The maximum absolute atomic E-state index is 12.5. The molecule has 1 aromatic rings. The zero-order valence-corrected chi connectivity index (χ0v) is 15.9. The molecular formula is C21H27N3O3. The summed E-state index contributed by atoms with van der Waals surface area (Å²) in [6.07, 6.45) is 6.02. The summed E-state index contributed by atoms with van der Waals surface area (Å²) in [5.74, 6) is -0.133. The molecule has 1 saturated carbocycles. The minimum absolute atomic E-state index is 0.000935. The maximum Gasteiger partial charge on any atom is 0.227 e. The molecule has 2 aliphatic heterocycles. The number of benzene rings is 1. The average Bonchev–Trinajstić information content (AvgIpc) is 3.40. The molecule has 27 heavy (non-hydrogen) atoms. The van der Waals surface area contributed by atoms with Crippen LogP contribution in [-0.2, 0) is 20.8 Å². The van der Waals surface area contributed by atoms with Crippen molar-refractivity contribution in [3.05, 3.63) is 23.8 Å². The van der Waals surface area contributed by atoms with Crippen molar-refractivity contribution in [3.63, 3.8) is 0 Å². The highest BCUT2D eigenvalue weighted by molar-refractivity contribution is 6.01. The van der Waals surface area contributed by atoms with E-state index in [1.165, 1.54) is 12.8 Å². The molecule has 1 aliphatic carbocycles. The fraction of sp³-hybridized carbons (Fsp3) is 0.571. The number of fused-ring (bicyclic) bond motifs is 1. The molecule has 3 aliphatic rings. The van der Waals surface area contributed by atoms with Crippen molar-refractivity contribution < 1.29 is 14.4 Å². The minimum atomic E-state index is -0.274. The van der Waals surface area contributed by atoms with E-state index in [0.29, 0.717) is 19.5 Å². The largest absolute Gasteiger partial charge is 0.353 e. The van der Waals surface area contributed by atoms with Gasteiger partial charge in [0.15, 0.2) is 0 Å². The Hall–Kier alpha value is -2.37. The van der Waals surface area contributed by atoms with E-state index in [-0.39, 0.29) is 36.1 Å². The molecule has 0 spiro atoms. The monoisotopic (exact) mass is 369 g/mol. The van der Waals surface area contributed by atoms with Crippen molar-refractivity contribution in [2.75, 3.05) is 22.9 Å². The number of hydrogen-bond acceptors (Lipinski definition) is 3. The van der Waals surface area contributed by atoms with Crippen LogP contribution in [0.4, 0.5) is 11.4 Å². The van der Waals surface area contributed by atoms with Gasteiger partial charge in [0.2, 0.25) is 17.7 Å². The molecule has 0 aromatic heterocycles. The Kier molecular flexibility index (Phi) is 4.89. The van der Waals surface area contributed by atoms with E-state index >= 15 is 0 Å². The standard InChI is InChI=1S/C21H27N3O3/c1-2-19(25)23-10-9-14-11-17(7-8-18(14)23)24-13-15(12-20(24)26)21(27)22-16-5-3-4-6-16/h7-8,11,15-16H,2-6,9-10,12-13H2,1H3,(H,22,27)/t15-/m0/s1. The first-order valence-electron chi connectivity index (χ1n) is 10.1. The normalized spacial score (nSPS) is 22.4. The van der Waals surface area contributed by atoms with Crippen molar-refractivity contribution in [1.82, 2.24) is 5.32 Å². The van der Waals surface area contributed by atoms with E-state index in [1.807, 2.05) is 30.0 Å². The lowest BCUT2D eigenvalue weighted by atomic mass is 10.1. The fourth-order valence-corrected chi connectivity index (χ4v) is 4.53. The van der Waals surface area contributed by atoms with Crippen LogP contribution in [0.3, 0.4) is 0 Å². The van der Waals surface area contributed by atoms with Crippen LogP contribution in [0.15, 0.2) is 18.2 Å². The Morgan fingerprint density at radius 1 is 1.22 bits per heavy atom. The number of carbonyl (C=O) groups is 3. The van der Waals surface area contributed by atoms with Gasteiger partial charge in [0, 0.05) is 43.3 Å². The van der Waals surface area contributed by atoms with E-state index in [4.69, 9.17) is 0 Å². The highest BCUT2D eigenvalue weighted by Gasteiger charge is 2.36. The average molecular weight is 369 g/mol. The van der Waals surface area contributed by atoms with Gasteiger partial charge in [-0.2, -0.15) is 0 Å². The van der Waals surface area contributed by atoms with Crippen LogP contribution in [-0.4, -0.2) is 36.9 Å². The zero-order valence-electron chi connectivity index (χ0n) is 15.9. The van der Waals surface area contributed by atoms with Gasteiger partial charge in [0.05, 0.1) is 5.92 Å². The molecule has 1 saturated heterocycles. The van der Waals surface area contributed by atoms with Crippen LogP contribution < -0.4 is 15.1 Å². The van der Waals surface area contributed by atoms with Gasteiger partial charge < -0.3 is 15.1 Å². The van der Waals surface area contributed by atoms with Crippen molar-refractivity contribution in [2.24, 2.45) is 5.92 Å². The summed E-state index contributed by atoms with van der Waals surface area (Å²) in [4.78, 5) is 40.6. The Morgan fingerprint density at radius 3 is 2.74 bits per heavy atom. The SMILES string of the molecule is CCC(=O)N1CCc2cc(N3C[C@@H](C(=O)NC4CCCC4)CC3=O)ccc21. The van der Waals surface area contributed by atoms with E-state index in [9.17, 15) is 14.4 Å². The smallest absolute Gasteiger partial charge is 0.227 e. The quantitative estimate of drug-likeness (QED) is 0.886. The maximum atomic E-state index is 12.5. The summed E-state index contributed by atoms with van der Waals surface area (Å²) in [5.41, 5.74) is 2.88. The summed E-state index contributed by atoms with van der Waals surface area (Å²) >= 11 is 0. The Labute approximate surface area is 159 Å². The van der Waals surface area contributed by atoms with E-state index in [2.05, 4.69) is 5.32 Å². The van der Waals surface area contributed by atoms with E-state index in [0.717, 1.165) is 36.2 Å². The van der Waals surface area contributed by atoms with Crippen molar-refractivity contribution in [3.8, 4) is 0 Å². The topological polar surface area (TPSA) is 69.7 Å². The van der Waals surface area contributed by atoms with Gasteiger partial charge >= 0.3 is 0 Å². The van der Waals surface area contributed by atoms with Crippen molar-refractivity contribution in [1.29, 1.82) is 0 Å². The van der Waals surface area contributed by atoms with E-state index < -0.39 is 0 Å². The molecule has 2 fully saturated rings. The zero-order chi connectivity index (χ0) is 19.0. The Morgan fingerprint density at radius 2 is 2.00 bits per heavy atom. The molecule has 6 heteroatoms. The molecule has 144 valence electrons. The first kappa shape index (κ1) is 18.0. The number of rotatable bonds is 4. The number of hydrogen-bond donors (Lipinski definition) is 1. The summed E-state index contributed by atoms with van der Waals surface area (Å²) < 4.78 is 0. The fourth-order valence-electron chi connectivity index (χ4n) is 4.53. The van der Waals surface area contributed by atoms with Gasteiger partial charge in [-0.05, 0) is 43.0 Å². The Bertz CT molecular complexity index is 770. The molecule has 1 atom stereocenters. The van der Waals surface area contributed by atoms with E-state index in [1.54, 1.807) is 4.90 Å². The van der Waals surface area contributed by atoms with Crippen LogP contribution in [0.1, 0.15) is 51.0 Å². The minimum Gasteiger partial charge on any atom is -0.353 e. The molecule has 3 amide bonds. The number of nitrogens with zero attached hydrogens (tertiary/aromatic N) is 2. The first-order chi connectivity index (χ1) is 13.1. The molecule has 1 aromatic carbocycles. The third kappa shape index (κ3) is 3.45. The van der Waals surface area contributed by atoms with Gasteiger partial charge in [-0.15, -0.1) is 0 Å². The third-order valence-corrected chi connectivity index (χ3v) is 6.07. The number of nitrogens with one attached hydrogen (secondary N) is 1. The lowest BCUT2D eigenvalue weighted by Crippen LogP contribution is -2.38. The van der Waals surface area contributed by atoms with Crippen LogP contribution >= 0.6 is 0 Å². The number of carbonyl (C=O) groups excluding carboxylic acids is 3. The predicted molar refractivity (Wildman–Crippen MR) is 104 cm³/mol. The van der Waals surface area contributed by atoms with Crippen LogP contribution in [0.25, 0.3) is 0 Å². The summed E-state index contributed by atoms with van der Waals surface area (Å²) in [7, 11) is 0. The summed E-state index contributed by atoms with van der Waals surface area (Å²) in [6, 6.07) is 6.12. The molecule has 0 radical (unpaired) electrons. The molecule has 4 rings (SSSR count). The molecular weight excluding hydrogens is 342 g/mol. The highest BCUT2D eigenvalue weighted by atomic mass is 16.2.